The van der Waals surface area contributed by atoms with Crippen LogP contribution in [-0.2, 0) is 33.6 Å². The van der Waals surface area contributed by atoms with Crippen LogP contribution in [0.5, 0.6) is 0 Å². The van der Waals surface area contributed by atoms with Crippen LogP contribution in [0, 0.1) is 5.92 Å². The maximum Gasteiger partial charge on any atom is 0.326 e. The van der Waals surface area contributed by atoms with Crippen LogP contribution in [0.25, 0.3) is 0 Å². The van der Waals surface area contributed by atoms with E-state index in [4.69, 9.17) is 21.7 Å². The molecule has 4 amide bonds. The summed E-state index contributed by atoms with van der Waals surface area (Å²) in [6, 6.07) is -6.14. The van der Waals surface area contributed by atoms with E-state index in [1.165, 1.54) is 0 Å². The standard InChI is InChI=1S/C19H31N5O10/c1-3-8(2)15(19(33)34)24-18(32)11(7-14(28)29)23-17(31)10(4-5-12(21)25)22-16(30)9(20)6-13(26)27/h8-11,15H,3-7,20H2,1-2H3,(H2,21,25)(H,22,30)(H,23,31)(H,24,32)(H,26,27)(H,28,29)(H,33,34). The average Bonchev–Trinajstić information content (AvgIpc) is 2.72. The lowest BCUT2D eigenvalue weighted by Gasteiger charge is -2.25. The fourth-order valence-electron chi connectivity index (χ4n) is 2.71. The summed E-state index contributed by atoms with van der Waals surface area (Å²) < 4.78 is 0. The van der Waals surface area contributed by atoms with Gasteiger partial charge in [-0.3, -0.25) is 28.8 Å². The highest BCUT2D eigenvalue weighted by atomic mass is 16.4. The number of carboxylic acid groups (broad SMARTS) is 3. The molecule has 5 unspecified atom stereocenters. The van der Waals surface area contributed by atoms with E-state index in [9.17, 15) is 38.7 Å². The lowest BCUT2D eigenvalue weighted by molar-refractivity contribution is -0.144. The molecule has 0 fully saturated rings. The third kappa shape index (κ3) is 11.2. The molecule has 0 saturated carbocycles. The van der Waals surface area contributed by atoms with Crippen molar-refractivity contribution in [1.82, 2.24) is 16.0 Å². The number of nitrogens with one attached hydrogen (secondary N) is 3. The predicted octanol–water partition coefficient (Wildman–Crippen LogP) is -2.89. The largest absolute Gasteiger partial charge is 0.481 e. The Bertz CT molecular complexity index is 802. The van der Waals surface area contributed by atoms with Crippen LogP contribution in [0.4, 0.5) is 0 Å². The summed E-state index contributed by atoms with van der Waals surface area (Å²) >= 11 is 0. The predicted molar refractivity (Wildman–Crippen MR) is 114 cm³/mol. The molecule has 0 aliphatic carbocycles. The van der Waals surface area contributed by atoms with Crippen LogP contribution in [0.2, 0.25) is 0 Å². The SMILES string of the molecule is CCC(C)C(NC(=O)C(CC(=O)O)NC(=O)C(CCC(N)=O)NC(=O)C(N)CC(=O)O)C(=O)O. The number of hydrogen-bond acceptors (Lipinski definition) is 8. The maximum absolute atomic E-state index is 12.7. The quantitative estimate of drug-likeness (QED) is 0.109. The van der Waals surface area contributed by atoms with Crippen molar-refractivity contribution < 1.29 is 48.9 Å². The Morgan fingerprint density at radius 2 is 1.29 bits per heavy atom. The third-order valence-corrected chi connectivity index (χ3v) is 4.83. The van der Waals surface area contributed by atoms with E-state index in [1.54, 1.807) is 13.8 Å². The molecule has 0 aromatic heterocycles. The van der Waals surface area contributed by atoms with Crippen molar-refractivity contribution in [1.29, 1.82) is 0 Å². The second-order valence-corrected chi connectivity index (χ2v) is 7.64. The van der Waals surface area contributed by atoms with E-state index in [1.807, 2.05) is 0 Å². The van der Waals surface area contributed by atoms with Crippen LogP contribution in [-0.4, -0.2) is 81.0 Å². The van der Waals surface area contributed by atoms with Gasteiger partial charge in [0.25, 0.3) is 0 Å². The van der Waals surface area contributed by atoms with Crippen molar-refractivity contribution in [3.63, 3.8) is 0 Å². The lowest BCUT2D eigenvalue weighted by atomic mass is 9.98. The summed E-state index contributed by atoms with van der Waals surface area (Å²) in [6.07, 6.45) is -2.05. The van der Waals surface area contributed by atoms with Gasteiger partial charge >= 0.3 is 17.9 Å². The molecule has 34 heavy (non-hydrogen) atoms. The van der Waals surface area contributed by atoms with Crippen LogP contribution < -0.4 is 27.4 Å². The van der Waals surface area contributed by atoms with Gasteiger partial charge in [0.15, 0.2) is 0 Å². The molecule has 0 bridgehead atoms. The van der Waals surface area contributed by atoms with Crippen molar-refractivity contribution in [3.05, 3.63) is 0 Å². The Morgan fingerprint density at radius 1 is 0.794 bits per heavy atom. The van der Waals surface area contributed by atoms with Gasteiger partial charge in [-0.25, -0.2) is 4.79 Å². The number of carbonyl (C=O) groups excluding carboxylic acids is 4. The van der Waals surface area contributed by atoms with Crippen LogP contribution in [0.15, 0.2) is 0 Å². The minimum absolute atomic E-state index is 0.362. The molecular weight excluding hydrogens is 458 g/mol. The number of rotatable bonds is 16. The van der Waals surface area contributed by atoms with E-state index < -0.39 is 90.9 Å². The fraction of sp³-hybridized carbons (Fsp3) is 0.632. The molecule has 0 aromatic rings. The summed E-state index contributed by atoms with van der Waals surface area (Å²) in [5.41, 5.74) is 10.5. The minimum atomic E-state index is -1.73. The van der Waals surface area contributed by atoms with Gasteiger partial charge in [0.05, 0.1) is 18.9 Å². The zero-order valence-corrected chi connectivity index (χ0v) is 18.8. The highest BCUT2D eigenvalue weighted by molar-refractivity contribution is 5.96. The second kappa shape index (κ2) is 14.4. The van der Waals surface area contributed by atoms with Gasteiger partial charge in [-0.15, -0.1) is 0 Å². The van der Waals surface area contributed by atoms with E-state index in [0.29, 0.717) is 6.42 Å². The molecule has 0 aliphatic heterocycles. The molecule has 192 valence electrons. The molecule has 0 saturated heterocycles. The Kier molecular flexibility index (Phi) is 12.8. The summed E-state index contributed by atoms with van der Waals surface area (Å²) in [5, 5.41) is 33.6. The van der Waals surface area contributed by atoms with Gasteiger partial charge in [-0.1, -0.05) is 20.3 Å². The number of aliphatic carboxylic acids is 3. The number of primary amides is 1. The first-order valence-electron chi connectivity index (χ1n) is 10.3. The van der Waals surface area contributed by atoms with Crippen molar-refractivity contribution in [3.8, 4) is 0 Å². The van der Waals surface area contributed by atoms with Gasteiger partial charge < -0.3 is 42.7 Å². The monoisotopic (exact) mass is 489 g/mol. The lowest BCUT2D eigenvalue weighted by Crippen LogP contribution is -2.58. The Morgan fingerprint density at radius 3 is 1.74 bits per heavy atom. The Labute approximate surface area is 194 Å². The molecule has 0 spiro atoms. The summed E-state index contributed by atoms with van der Waals surface area (Å²) in [6.45, 7) is 3.24. The first kappa shape index (κ1) is 30.2. The average molecular weight is 489 g/mol. The molecule has 0 heterocycles. The Balaban J connectivity index is 5.64. The maximum atomic E-state index is 12.7. The Hall–Kier alpha value is -3.75. The van der Waals surface area contributed by atoms with Gasteiger partial charge in [-0.2, -0.15) is 0 Å². The topological polar surface area (TPSA) is 268 Å². The van der Waals surface area contributed by atoms with Crippen LogP contribution in [0.3, 0.4) is 0 Å². The van der Waals surface area contributed by atoms with Crippen LogP contribution >= 0.6 is 0 Å². The minimum Gasteiger partial charge on any atom is -0.481 e. The summed E-state index contributed by atoms with van der Waals surface area (Å²) in [4.78, 5) is 82.0. The highest BCUT2D eigenvalue weighted by Gasteiger charge is 2.33. The van der Waals surface area contributed by atoms with E-state index >= 15 is 0 Å². The zero-order chi connectivity index (χ0) is 26.6. The van der Waals surface area contributed by atoms with E-state index in [-0.39, 0.29) is 6.42 Å². The third-order valence-electron chi connectivity index (χ3n) is 4.83. The molecule has 5 atom stereocenters. The van der Waals surface area contributed by atoms with Gasteiger partial charge in [0, 0.05) is 6.42 Å². The van der Waals surface area contributed by atoms with Gasteiger partial charge in [-0.05, 0) is 12.3 Å². The molecule has 15 nitrogen and oxygen atoms in total. The molecule has 0 aromatic carbocycles. The van der Waals surface area contributed by atoms with Crippen molar-refractivity contribution in [2.45, 2.75) is 70.1 Å². The molecule has 10 N–H and O–H groups in total. The van der Waals surface area contributed by atoms with E-state index in [0.717, 1.165) is 0 Å². The van der Waals surface area contributed by atoms with Gasteiger partial charge in [0.1, 0.15) is 18.1 Å². The molecule has 0 radical (unpaired) electrons. The molecule has 0 aliphatic rings. The van der Waals surface area contributed by atoms with Crippen molar-refractivity contribution in [2.75, 3.05) is 0 Å². The number of nitrogens with two attached hydrogens (primary N) is 2. The number of hydrogen-bond donors (Lipinski definition) is 8. The number of carboxylic acids is 3. The van der Waals surface area contributed by atoms with Gasteiger partial charge in [0.2, 0.25) is 23.6 Å². The molecule has 0 rings (SSSR count). The first-order chi connectivity index (χ1) is 15.7. The zero-order valence-electron chi connectivity index (χ0n) is 18.8. The summed E-state index contributed by atoms with van der Waals surface area (Å²) in [7, 11) is 0. The van der Waals surface area contributed by atoms with Crippen LogP contribution in [0.1, 0.15) is 46.0 Å². The molecule has 15 heteroatoms. The first-order valence-corrected chi connectivity index (χ1v) is 10.3. The second-order valence-electron chi connectivity index (χ2n) is 7.64. The summed E-state index contributed by atoms with van der Waals surface area (Å²) in [5.74, 6) is -8.80. The number of amides is 4. The normalized spacial score (nSPS) is 15.0. The van der Waals surface area contributed by atoms with Crippen molar-refractivity contribution >= 4 is 41.5 Å². The number of carbonyl (C=O) groups is 7. The fourth-order valence-corrected chi connectivity index (χ4v) is 2.71. The smallest absolute Gasteiger partial charge is 0.326 e. The van der Waals surface area contributed by atoms with Crippen molar-refractivity contribution in [2.24, 2.45) is 17.4 Å². The molecular formula is C19H31N5O10. The van der Waals surface area contributed by atoms with E-state index in [2.05, 4.69) is 16.0 Å². The highest BCUT2D eigenvalue weighted by Crippen LogP contribution is 2.09.